The molecule has 0 N–H and O–H groups in total. The van der Waals surface area contributed by atoms with Crippen LogP contribution in [0.25, 0.3) is 0 Å². The Morgan fingerprint density at radius 2 is 1.81 bits per heavy atom. The Morgan fingerprint density at radius 3 is 2.34 bits per heavy atom. The largest absolute Gasteiger partial charge is 0.433 e. The molecule has 0 spiro atoms. The van der Waals surface area contributed by atoms with Crippen LogP contribution in [0, 0.1) is 17.6 Å². The first-order chi connectivity index (χ1) is 14.9. The fourth-order valence-electron chi connectivity index (χ4n) is 3.76. The Hall–Kier alpha value is -3.04. The van der Waals surface area contributed by atoms with Gasteiger partial charge in [-0.05, 0) is 42.2 Å². The first-order valence-corrected chi connectivity index (χ1v) is 10.0. The van der Waals surface area contributed by atoms with E-state index in [2.05, 4.69) is 4.98 Å². The quantitative estimate of drug-likeness (QED) is 0.561. The number of ketones is 1. The maximum Gasteiger partial charge on any atom is 0.433 e. The third-order valence-corrected chi connectivity index (χ3v) is 5.07. The molecule has 1 unspecified atom stereocenters. The topological polar surface area (TPSA) is 53.5 Å². The highest BCUT2D eigenvalue weighted by molar-refractivity contribution is 5.97. The van der Waals surface area contributed by atoms with Crippen LogP contribution in [0.4, 0.5) is 32.4 Å². The van der Waals surface area contributed by atoms with Gasteiger partial charge in [-0.25, -0.2) is 18.6 Å². The number of urea groups is 1. The number of benzene rings is 1. The van der Waals surface area contributed by atoms with Gasteiger partial charge in [0.15, 0.2) is 5.78 Å². The number of pyridine rings is 1. The molecule has 1 aromatic carbocycles. The van der Waals surface area contributed by atoms with Gasteiger partial charge >= 0.3 is 12.2 Å². The van der Waals surface area contributed by atoms with Crippen molar-refractivity contribution >= 4 is 17.5 Å². The number of halogens is 5. The Kier molecular flexibility index (Phi) is 6.80. The van der Waals surface area contributed by atoms with Gasteiger partial charge in [-0.1, -0.05) is 13.8 Å². The molecule has 5 nitrogen and oxygen atoms in total. The zero-order chi connectivity index (χ0) is 23.6. The zero-order valence-corrected chi connectivity index (χ0v) is 17.5. The highest BCUT2D eigenvalue weighted by Crippen LogP contribution is 2.31. The van der Waals surface area contributed by atoms with Crippen LogP contribution in [0.1, 0.15) is 31.5 Å². The van der Waals surface area contributed by atoms with E-state index in [0.717, 1.165) is 24.4 Å². The summed E-state index contributed by atoms with van der Waals surface area (Å²) in [6.07, 6.45) is -3.30. The molecule has 0 aliphatic carbocycles. The van der Waals surface area contributed by atoms with E-state index in [9.17, 15) is 31.5 Å². The highest BCUT2D eigenvalue weighted by atomic mass is 19.4. The van der Waals surface area contributed by atoms with E-state index < -0.39 is 35.3 Å². The van der Waals surface area contributed by atoms with Crippen molar-refractivity contribution in [3.8, 4) is 0 Å². The minimum atomic E-state index is -4.59. The van der Waals surface area contributed by atoms with E-state index in [1.807, 2.05) is 13.8 Å². The van der Waals surface area contributed by atoms with Gasteiger partial charge in [-0.3, -0.25) is 9.69 Å². The lowest BCUT2D eigenvalue weighted by Crippen LogP contribution is -2.40. The number of amides is 2. The third kappa shape index (κ3) is 5.60. The summed E-state index contributed by atoms with van der Waals surface area (Å²) in [4.78, 5) is 31.6. The summed E-state index contributed by atoms with van der Waals surface area (Å²) < 4.78 is 65.1. The standard InChI is InChI=1S/C22H22F5N3O2/c1-13(2)5-18-11-29(17-3-4-20(28-10-17)22(25,26)27)21(32)30(18)12-19(31)8-14-6-15(23)9-16(24)7-14/h3-4,6-7,9-10,13,18H,5,8,11-12H2,1-2H3. The number of rotatable bonds is 7. The Labute approximate surface area is 181 Å². The smallest absolute Gasteiger partial charge is 0.312 e. The minimum Gasteiger partial charge on any atom is -0.312 e. The third-order valence-electron chi connectivity index (χ3n) is 5.07. The lowest BCUT2D eigenvalue weighted by Gasteiger charge is -2.23. The fourth-order valence-corrected chi connectivity index (χ4v) is 3.76. The molecule has 1 atom stereocenters. The summed E-state index contributed by atoms with van der Waals surface area (Å²) in [5.41, 5.74) is -0.719. The van der Waals surface area contributed by atoms with Crippen LogP contribution in [0.15, 0.2) is 36.5 Å². The second-order valence-electron chi connectivity index (χ2n) is 8.20. The SMILES string of the molecule is CC(C)CC1CN(c2ccc(C(F)(F)F)nc2)C(=O)N1CC(=O)Cc1cc(F)cc(F)c1. The lowest BCUT2D eigenvalue weighted by atomic mass is 10.0. The van der Waals surface area contributed by atoms with Gasteiger partial charge in [-0.2, -0.15) is 13.2 Å². The van der Waals surface area contributed by atoms with E-state index in [4.69, 9.17) is 0 Å². The van der Waals surface area contributed by atoms with Crippen molar-refractivity contribution in [1.82, 2.24) is 9.88 Å². The van der Waals surface area contributed by atoms with Gasteiger partial charge in [0.05, 0.1) is 24.5 Å². The van der Waals surface area contributed by atoms with Crippen LogP contribution in [0.2, 0.25) is 0 Å². The van der Waals surface area contributed by atoms with Crippen LogP contribution in [0.3, 0.4) is 0 Å². The second-order valence-corrected chi connectivity index (χ2v) is 8.20. The van der Waals surface area contributed by atoms with E-state index in [1.54, 1.807) is 0 Å². The number of hydrogen-bond acceptors (Lipinski definition) is 3. The summed E-state index contributed by atoms with van der Waals surface area (Å²) in [6, 6.07) is 3.89. The van der Waals surface area contributed by atoms with Gasteiger partial charge in [0.25, 0.3) is 0 Å². The predicted octanol–water partition coefficient (Wildman–Crippen LogP) is 4.85. The molecule has 1 aliphatic rings. The molecule has 2 aromatic rings. The number of anilines is 1. The molecular weight excluding hydrogens is 433 g/mol. The number of hydrogen-bond donors (Lipinski definition) is 0. The highest BCUT2D eigenvalue weighted by Gasteiger charge is 2.39. The van der Waals surface area contributed by atoms with Crippen molar-refractivity contribution in [2.24, 2.45) is 5.92 Å². The zero-order valence-electron chi connectivity index (χ0n) is 17.5. The molecular formula is C22H22F5N3O2. The molecule has 0 bridgehead atoms. The van der Waals surface area contributed by atoms with E-state index in [-0.39, 0.29) is 42.7 Å². The van der Waals surface area contributed by atoms with Crippen molar-refractivity contribution in [1.29, 1.82) is 0 Å². The van der Waals surface area contributed by atoms with Crippen LogP contribution >= 0.6 is 0 Å². The van der Waals surface area contributed by atoms with E-state index in [1.165, 1.54) is 15.9 Å². The van der Waals surface area contributed by atoms with Crippen molar-refractivity contribution < 1.29 is 31.5 Å². The van der Waals surface area contributed by atoms with Gasteiger partial charge < -0.3 is 4.90 Å². The van der Waals surface area contributed by atoms with Gasteiger partial charge in [-0.15, -0.1) is 0 Å². The van der Waals surface area contributed by atoms with Crippen LogP contribution < -0.4 is 4.90 Å². The summed E-state index contributed by atoms with van der Waals surface area (Å²) >= 11 is 0. The van der Waals surface area contributed by atoms with Crippen molar-refractivity contribution in [3.63, 3.8) is 0 Å². The number of carbonyl (C=O) groups is 2. The maximum absolute atomic E-state index is 13.4. The lowest BCUT2D eigenvalue weighted by molar-refractivity contribution is -0.141. The van der Waals surface area contributed by atoms with Crippen LogP contribution in [0.5, 0.6) is 0 Å². The summed E-state index contributed by atoms with van der Waals surface area (Å²) in [6.45, 7) is 3.80. The number of nitrogens with zero attached hydrogens (tertiary/aromatic N) is 3. The molecule has 3 rings (SSSR count). The van der Waals surface area contributed by atoms with Crippen LogP contribution in [-0.2, 0) is 17.4 Å². The number of carbonyl (C=O) groups excluding carboxylic acids is 2. The molecule has 1 aromatic heterocycles. The Bertz CT molecular complexity index is 972. The molecule has 172 valence electrons. The van der Waals surface area contributed by atoms with Crippen molar-refractivity contribution in [2.45, 2.75) is 38.9 Å². The molecule has 0 saturated carbocycles. The molecule has 1 saturated heterocycles. The molecule has 32 heavy (non-hydrogen) atoms. The van der Waals surface area contributed by atoms with Crippen molar-refractivity contribution in [2.75, 3.05) is 18.0 Å². The number of aromatic nitrogens is 1. The summed E-state index contributed by atoms with van der Waals surface area (Å²) in [5.74, 6) is -1.83. The fraction of sp³-hybridized carbons (Fsp3) is 0.409. The summed E-state index contributed by atoms with van der Waals surface area (Å²) in [7, 11) is 0. The Balaban J connectivity index is 1.77. The van der Waals surface area contributed by atoms with Crippen molar-refractivity contribution in [3.05, 3.63) is 59.4 Å². The molecule has 1 aliphatic heterocycles. The van der Waals surface area contributed by atoms with E-state index in [0.29, 0.717) is 12.5 Å². The van der Waals surface area contributed by atoms with Gasteiger partial charge in [0.2, 0.25) is 0 Å². The number of alkyl halides is 3. The molecule has 2 amide bonds. The van der Waals surface area contributed by atoms with Gasteiger partial charge in [0, 0.05) is 19.0 Å². The Morgan fingerprint density at radius 1 is 1.16 bits per heavy atom. The molecule has 2 heterocycles. The molecule has 1 fully saturated rings. The average Bonchev–Trinajstić information content (AvgIpc) is 2.95. The summed E-state index contributed by atoms with van der Waals surface area (Å²) in [5, 5.41) is 0. The first-order valence-electron chi connectivity index (χ1n) is 10.0. The van der Waals surface area contributed by atoms with Crippen LogP contribution in [-0.4, -0.2) is 40.8 Å². The minimum absolute atomic E-state index is 0.156. The van der Waals surface area contributed by atoms with E-state index >= 15 is 0 Å². The number of Topliss-reactive ketones (excluding diaryl/α,β-unsaturated/α-hetero) is 1. The maximum atomic E-state index is 13.4. The second kappa shape index (κ2) is 9.22. The average molecular weight is 455 g/mol. The normalized spacial score (nSPS) is 16.9. The monoisotopic (exact) mass is 455 g/mol. The molecule has 10 heteroatoms. The van der Waals surface area contributed by atoms with Gasteiger partial charge in [0.1, 0.15) is 17.3 Å². The predicted molar refractivity (Wildman–Crippen MR) is 107 cm³/mol. The first kappa shape index (κ1) is 23.6. The molecule has 0 radical (unpaired) electrons.